The molecule has 37 heavy (non-hydrogen) atoms. The maximum absolute atomic E-state index is 13.9. The maximum atomic E-state index is 13.9. The van der Waals surface area contributed by atoms with Crippen molar-refractivity contribution in [2.24, 2.45) is 7.05 Å². The molecule has 0 fully saturated rings. The molecule has 0 amide bonds. The van der Waals surface area contributed by atoms with Crippen molar-refractivity contribution in [2.75, 3.05) is 0 Å². The molecular formula is C29H25N5O3. The number of hydrogen-bond acceptors (Lipinski definition) is 6. The monoisotopic (exact) mass is 491 g/mol. The fourth-order valence-corrected chi connectivity index (χ4v) is 4.39. The number of nitrogens with zero attached hydrogens (tertiary/aromatic N) is 5. The average Bonchev–Trinajstić information content (AvgIpc) is 3.25. The number of rotatable bonds is 1. The van der Waals surface area contributed by atoms with Gasteiger partial charge in [0.15, 0.2) is 5.89 Å². The van der Waals surface area contributed by atoms with Crippen LogP contribution in [-0.2, 0) is 7.05 Å². The first-order valence-corrected chi connectivity index (χ1v) is 11.8. The van der Waals surface area contributed by atoms with Gasteiger partial charge in [0.25, 0.3) is 5.56 Å². The van der Waals surface area contributed by atoms with Crippen molar-refractivity contribution >= 4 is 32.8 Å². The third-order valence-electron chi connectivity index (χ3n) is 6.09. The third kappa shape index (κ3) is 4.45. The number of benzene rings is 3. The molecule has 0 bridgehead atoms. The highest BCUT2D eigenvalue weighted by Crippen LogP contribution is 2.22. The molecule has 0 unspecified atom stereocenters. The molecule has 5 aromatic rings. The minimum atomic E-state index is -0.580. The summed E-state index contributed by atoms with van der Waals surface area (Å²) in [5.74, 6) is 0.117. The first-order valence-electron chi connectivity index (χ1n) is 11.8. The van der Waals surface area contributed by atoms with Crippen LogP contribution in [0.15, 0.2) is 92.9 Å². The molecule has 3 aromatic carbocycles. The van der Waals surface area contributed by atoms with Crippen molar-refractivity contribution in [3.05, 3.63) is 117 Å². The normalized spacial score (nSPS) is 10.9. The SMILES string of the molecule is Cc1nc2ccccc2c(=O)n(C)c2c(c(C)nc3ccccc3c(=O)o1)c(C)nn2-c1ccccc1. The summed E-state index contributed by atoms with van der Waals surface area (Å²) in [4.78, 5) is 36.2. The second kappa shape index (κ2) is 9.66. The summed E-state index contributed by atoms with van der Waals surface area (Å²) in [6, 6.07) is 23.6. The topological polar surface area (TPSA) is 95.8 Å². The quantitative estimate of drug-likeness (QED) is 0.329. The van der Waals surface area contributed by atoms with Crippen molar-refractivity contribution in [1.29, 1.82) is 0 Å². The fraction of sp³-hybridized carbons (Fsp3) is 0.138. The molecule has 184 valence electrons. The summed E-state index contributed by atoms with van der Waals surface area (Å²) >= 11 is 0. The molecule has 8 heteroatoms. The zero-order valence-corrected chi connectivity index (χ0v) is 21.0. The van der Waals surface area contributed by atoms with E-state index in [1.807, 2.05) is 44.2 Å². The van der Waals surface area contributed by atoms with Crippen LogP contribution in [0, 0.1) is 20.8 Å². The highest BCUT2D eigenvalue weighted by molar-refractivity contribution is 5.84. The largest absolute Gasteiger partial charge is 0.408 e. The van der Waals surface area contributed by atoms with Gasteiger partial charge in [-0.3, -0.25) is 14.3 Å². The van der Waals surface area contributed by atoms with Crippen molar-refractivity contribution in [1.82, 2.24) is 24.3 Å². The minimum absolute atomic E-state index is 0.117. The van der Waals surface area contributed by atoms with E-state index in [0.717, 1.165) is 5.69 Å². The van der Waals surface area contributed by atoms with Crippen LogP contribution >= 0.6 is 0 Å². The van der Waals surface area contributed by atoms with E-state index in [0.29, 0.717) is 44.2 Å². The van der Waals surface area contributed by atoms with Gasteiger partial charge in [0, 0.05) is 14.0 Å². The Hall–Kier alpha value is -4.85. The van der Waals surface area contributed by atoms with Crippen LogP contribution in [0.1, 0.15) is 17.3 Å². The van der Waals surface area contributed by atoms with Gasteiger partial charge in [0.05, 0.1) is 44.3 Å². The van der Waals surface area contributed by atoms with E-state index in [-0.39, 0.29) is 11.4 Å². The highest BCUT2D eigenvalue weighted by atomic mass is 16.4. The van der Waals surface area contributed by atoms with Crippen molar-refractivity contribution in [3.63, 3.8) is 0 Å². The van der Waals surface area contributed by atoms with Crippen LogP contribution in [0.5, 0.6) is 0 Å². The Morgan fingerprint density at radius 2 is 1.30 bits per heavy atom. The number of aromatic nitrogens is 5. The molecule has 0 aliphatic carbocycles. The molecule has 8 nitrogen and oxygen atoms in total. The van der Waals surface area contributed by atoms with Crippen LogP contribution in [0.25, 0.3) is 38.5 Å². The zero-order valence-electron chi connectivity index (χ0n) is 21.0. The van der Waals surface area contributed by atoms with Gasteiger partial charge in [0.1, 0.15) is 5.65 Å². The molecule has 0 aliphatic heterocycles. The molecule has 0 saturated heterocycles. The lowest BCUT2D eigenvalue weighted by atomic mass is 10.2. The fourth-order valence-electron chi connectivity index (χ4n) is 4.39. The number of fused-ring (bicyclic) bond motifs is 3. The second-order valence-electron chi connectivity index (χ2n) is 8.65. The predicted molar refractivity (Wildman–Crippen MR) is 145 cm³/mol. The lowest BCUT2D eigenvalue weighted by molar-refractivity contribution is 0.472. The summed E-state index contributed by atoms with van der Waals surface area (Å²) < 4.78 is 8.84. The Kier molecular flexibility index (Phi) is 6.23. The van der Waals surface area contributed by atoms with Crippen LogP contribution in [-0.4, -0.2) is 24.3 Å². The molecule has 0 saturated carbocycles. The molecule has 2 aromatic heterocycles. The van der Waals surface area contributed by atoms with E-state index in [4.69, 9.17) is 14.5 Å². The number of aryl methyl sites for hydroxylation is 4. The number of para-hydroxylation sites is 3. The number of hydrogen-bond donors (Lipinski definition) is 0. The predicted octanol–water partition coefficient (Wildman–Crippen LogP) is 4.95. The van der Waals surface area contributed by atoms with E-state index < -0.39 is 5.63 Å². The van der Waals surface area contributed by atoms with Gasteiger partial charge < -0.3 is 4.42 Å². The van der Waals surface area contributed by atoms with Gasteiger partial charge in [-0.2, -0.15) is 5.10 Å². The van der Waals surface area contributed by atoms with Crippen molar-refractivity contribution in [2.45, 2.75) is 20.8 Å². The summed E-state index contributed by atoms with van der Waals surface area (Å²) in [6.45, 7) is 5.30. The molecule has 0 spiro atoms. The van der Waals surface area contributed by atoms with Gasteiger partial charge >= 0.3 is 5.63 Å². The van der Waals surface area contributed by atoms with Crippen LogP contribution in [0.4, 0.5) is 0 Å². The molecule has 0 radical (unpaired) electrons. The van der Waals surface area contributed by atoms with E-state index in [9.17, 15) is 9.59 Å². The van der Waals surface area contributed by atoms with Gasteiger partial charge in [-0.25, -0.2) is 14.5 Å². The van der Waals surface area contributed by atoms with E-state index >= 15 is 0 Å². The molecular weight excluding hydrogens is 466 g/mol. The lowest BCUT2D eigenvalue weighted by Crippen LogP contribution is -2.17. The Balaban J connectivity index is 2.15. The standard InChI is InChI=1S/C29H25N5O3/c1-18-26-19(2)32-34(21-12-6-5-7-13-21)27(26)33(4)28(35)22-14-8-10-16-24(22)31-20(3)37-29(36)23-15-9-11-17-25(23)30-18/h5-17H,1-4H3. The van der Waals surface area contributed by atoms with Crippen molar-refractivity contribution < 1.29 is 4.42 Å². The summed E-state index contributed by atoms with van der Waals surface area (Å²) in [6.07, 6.45) is 0. The van der Waals surface area contributed by atoms with Crippen LogP contribution in [0.3, 0.4) is 0 Å². The molecule has 0 atom stereocenters. The Labute approximate surface area is 212 Å². The highest BCUT2D eigenvalue weighted by Gasteiger charge is 2.14. The third-order valence-corrected chi connectivity index (χ3v) is 6.09. The first-order chi connectivity index (χ1) is 17.8. The smallest absolute Gasteiger partial charge is 0.346 e. The van der Waals surface area contributed by atoms with E-state index in [2.05, 4.69) is 4.98 Å². The van der Waals surface area contributed by atoms with Gasteiger partial charge in [-0.15, -0.1) is 0 Å². The van der Waals surface area contributed by atoms with Gasteiger partial charge in [-0.05, 0) is 50.2 Å². The second-order valence-corrected chi connectivity index (χ2v) is 8.65. The maximum Gasteiger partial charge on any atom is 0.346 e. The Morgan fingerprint density at radius 1 is 0.703 bits per heavy atom. The zero-order chi connectivity index (χ0) is 26.1. The summed E-state index contributed by atoms with van der Waals surface area (Å²) in [5.41, 5.74) is 2.62. The summed E-state index contributed by atoms with van der Waals surface area (Å²) in [5, 5.41) is 6.14. The average molecular weight is 492 g/mol. The molecule has 0 N–H and O–H groups in total. The molecule has 5 rings (SSSR count). The first kappa shape index (κ1) is 23.9. The van der Waals surface area contributed by atoms with Gasteiger partial charge in [0.2, 0.25) is 0 Å². The van der Waals surface area contributed by atoms with Crippen LogP contribution in [0.2, 0.25) is 0 Å². The van der Waals surface area contributed by atoms with Gasteiger partial charge in [-0.1, -0.05) is 42.5 Å². The minimum Gasteiger partial charge on any atom is -0.408 e. The summed E-state index contributed by atoms with van der Waals surface area (Å²) in [7, 11) is 1.71. The molecule has 0 aliphatic rings. The lowest BCUT2D eigenvalue weighted by Gasteiger charge is -2.06. The Morgan fingerprint density at radius 3 is 2.00 bits per heavy atom. The van der Waals surface area contributed by atoms with E-state index in [1.165, 1.54) is 0 Å². The van der Waals surface area contributed by atoms with Crippen molar-refractivity contribution in [3.8, 4) is 5.69 Å². The Bertz CT molecular complexity index is 1920. The van der Waals surface area contributed by atoms with E-state index in [1.54, 1.807) is 71.8 Å². The van der Waals surface area contributed by atoms with Crippen LogP contribution < -0.4 is 11.2 Å². The molecule has 2 heterocycles.